The van der Waals surface area contributed by atoms with E-state index in [2.05, 4.69) is 9.97 Å². The molecule has 0 spiro atoms. The lowest BCUT2D eigenvalue weighted by atomic mass is 9.95. The van der Waals surface area contributed by atoms with Gasteiger partial charge in [0, 0.05) is 23.0 Å². The Hall–Kier alpha value is -2.32. The van der Waals surface area contributed by atoms with Crippen molar-refractivity contribution in [1.29, 1.82) is 5.26 Å². The van der Waals surface area contributed by atoms with Crippen molar-refractivity contribution in [1.82, 2.24) is 9.97 Å². The molecule has 1 aromatic carbocycles. The molecule has 0 fully saturated rings. The monoisotopic (exact) mass is 275 g/mol. The summed E-state index contributed by atoms with van der Waals surface area (Å²) in [7, 11) is 0. The molecule has 0 bridgehead atoms. The number of carbonyl (C=O) groups excluding carboxylic acids is 1. The first-order valence-corrected chi connectivity index (χ1v) is 5.67. The molecule has 94 valence electrons. The molecule has 1 heterocycles. The molecule has 1 atom stereocenters. The largest absolute Gasteiger partial charge is 0.289 e. The Morgan fingerprint density at radius 2 is 2.00 bits per heavy atom. The number of hydrogen-bond acceptors (Lipinski definition) is 4. The predicted octanol–water partition coefficient (Wildman–Crippen LogP) is 2.76. The highest BCUT2D eigenvalue weighted by Crippen LogP contribution is 2.28. The van der Waals surface area contributed by atoms with Crippen LogP contribution >= 0.6 is 11.6 Å². The molecule has 0 saturated carbocycles. The molecule has 1 unspecified atom stereocenters. The first-order chi connectivity index (χ1) is 9.15. The van der Waals surface area contributed by atoms with Crippen molar-refractivity contribution >= 4 is 17.4 Å². The number of carbonyl (C=O) groups is 1. The molecule has 0 saturated heterocycles. The van der Waals surface area contributed by atoms with Gasteiger partial charge in [-0.15, -0.1) is 0 Å². The molecule has 2 aromatic rings. The molecule has 6 heteroatoms. The third-order valence-corrected chi connectivity index (χ3v) is 2.80. The maximum absolute atomic E-state index is 13.7. The molecular weight excluding hydrogens is 269 g/mol. The van der Waals surface area contributed by atoms with E-state index in [1.807, 2.05) is 0 Å². The van der Waals surface area contributed by atoms with Gasteiger partial charge < -0.3 is 0 Å². The molecule has 4 nitrogen and oxygen atoms in total. The lowest BCUT2D eigenvalue weighted by Gasteiger charge is -2.10. The summed E-state index contributed by atoms with van der Waals surface area (Å²) in [5.41, 5.74) is -0.149. The third kappa shape index (κ3) is 2.59. The van der Waals surface area contributed by atoms with Gasteiger partial charge in [-0.1, -0.05) is 17.7 Å². The standard InChI is InChI=1S/C13H7ClFN3O/c14-9-3-1-4-10(15)11(9)8(7-16)12(19)13-17-5-2-6-18-13/h1-6,8H. The van der Waals surface area contributed by atoms with Crippen LogP contribution in [0.4, 0.5) is 4.39 Å². The Labute approximate surface area is 113 Å². The van der Waals surface area contributed by atoms with Crippen LogP contribution in [-0.4, -0.2) is 15.8 Å². The van der Waals surface area contributed by atoms with E-state index in [4.69, 9.17) is 16.9 Å². The van der Waals surface area contributed by atoms with Crippen molar-refractivity contribution < 1.29 is 9.18 Å². The number of Topliss-reactive ketones (excluding diaryl/α,β-unsaturated/α-hetero) is 1. The third-order valence-electron chi connectivity index (χ3n) is 2.47. The molecule has 2 rings (SSSR count). The number of aromatic nitrogens is 2. The van der Waals surface area contributed by atoms with Crippen LogP contribution in [0.25, 0.3) is 0 Å². The van der Waals surface area contributed by atoms with Crippen molar-refractivity contribution in [2.24, 2.45) is 0 Å². The van der Waals surface area contributed by atoms with E-state index in [9.17, 15) is 9.18 Å². The number of rotatable bonds is 3. The number of nitrogens with zero attached hydrogens (tertiary/aromatic N) is 3. The lowest BCUT2D eigenvalue weighted by Crippen LogP contribution is -2.16. The van der Waals surface area contributed by atoms with Crippen LogP contribution in [0.3, 0.4) is 0 Å². The first kappa shape index (κ1) is 13.1. The van der Waals surface area contributed by atoms with Gasteiger partial charge in [0.15, 0.2) is 5.82 Å². The lowest BCUT2D eigenvalue weighted by molar-refractivity contribution is 0.0967. The van der Waals surface area contributed by atoms with Gasteiger partial charge in [-0.25, -0.2) is 14.4 Å². The van der Waals surface area contributed by atoms with Gasteiger partial charge in [0.05, 0.1) is 6.07 Å². The number of nitriles is 1. The average Bonchev–Trinajstić information content (AvgIpc) is 2.43. The zero-order valence-electron chi connectivity index (χ0n) is 9.55. The normalized spacial score (nSPS) is 11.6. The Kier molecular flexibility index (Phi) is 3.83. The van der Waals surface area contributed by atoms with E-state index in [1.165, 1.54) is 30.6 Å². The highest BCUT2D eigenvalue weighted by Gasteiger charge is 2.28. The first-order valence-electron chi connectivity index (χ1n) is 5.30. The van der Waals surface area contributed by atoms with Gasteiger partial charge in [-0.05, 0) is 18.2 Å². The van der Waals surface area contributed by atoms with Crippen molar-refractivity contribution in [2.75, 3.05) is 0 Å². The highest BCUT2D eigenvalue weighted by molar-refractivity contribution is 6.31. The fourth-order valence-corrected chi connectivity index (χ4v) is 1.87. The van der Waals surface area contributed by atoms with Crippen LogP contribution < -0.4 is 0 Å². The number of halogens is 2. The van der Waals surface area contributed by atoms with E-state index < -0.39 is 17.5 Å². The Morgan fingerprint density at radius 3 is 2.58 bits per heavy atom. The van der Waals surface area contributed by atoms with Crippen molar-refractivity contribution in [2.45, 2.75) is 5.92 Å². The Balaban J connectivity index is 2.47. The summed E-state index contributed by atoms with van der Waals surface area (Å²) < 4.78 is 13.7. The fraction of sp³-hybridized carbons (Fsp3) is 0.0769. The quantitative estimate of drug-likeness (QED) is 0.808. The minimum atomic E-state index is -1.36. The van der Waals surface area contributed by atoms with Crippen molar-refractivity contribution in [3.05, 3.63) is 58.9 Å². The SMILES string of the molecule is N#CC(C(=O)c1ncccn1)c1c(F)cccc1Cl. The number of ketones is 1. The van der Waals surface area contributed by atoms with Gasteiger partial charge >= 0.3 is 0 Å². The molecule has 1 aromatic heterocycles. The second-order valence-electron chi connectivity index (χ2n) is 3.63. The smallest absolute Gasteiger partial charge is 0.221 e. The van der Waals surface area contributed by atoms with Gasteiger partial charge in [0.25, 0.3) is 0 Å². The van der Waals surface area contributed by atoms with Crippen LogP contribution in [0.5, 0.6) is 0 Å². The zero-order chi connectivity index (χ0) is 13.8. The van der Waals surface area contributed by atoms with Crippen molar-refractivity contribution in [3.8, 4) is 6.07 Å². The zero-order valence-corrected chi connectivity index (χ0v) is 10.3. The van der Waals surface area contributed by atoms with E-state index >= 15 is 0 Å². The summed E-state index contributed by atoms with van der Waals surface area (Å²) >= 11 is 5.85. The summed E-state index contributed by atoms with van der Waals surface area (Å²) in [4.78, 5) is 19.6. The summed E-state index contributed by atoms with van der Waals surface area (Å²) in [6.45, 7) is 0. The molecular formula is C13H7ClFN3O. The van der Waals surface area contributed by atoms with Crippen LogP contribution in [0.1, 0.15) is 22.1 Å². The van der Waals surface area contributed by atoms with Crippen LogP contribution in [-0.2, 0) is 0 Å². The number of benzene rings is 1. The van der Waals surface area contributed by atoms with Crippen LogP contribution in [0.2, 0.25) is 5.02 Å². The fourth-order valence-electron chi connectivity index (χ4n) is 1.60. The maximum atomic E-state index is 13.7. The Morgan fingerprint density at radius 1 is 1.32 bits per heavy atom. The van der Waals surface area contributed by atoms with Gasteiger partial charge in [-0.2, -0.15) is 5.26 Å². The minimum Gasteiger partial charge on any atom is -0.289 e. The minimum absolute atomic E-state index is 0.0239. The second-order valence-corrected chi connectivity index (χ2v) is 4.04. The average molecular weight is 276 g/mol. The van der Waals surface area contributed by atoms with E-state index in [1.54, 1.807) is 6.07 Å². The molecule has 19 heavy (non-hydrogen) atoms. The summed E-state index contributed by atoms with van der Waals surface area (Å²) in [5, 5.41) is 9.13. The molecule has 0 aliphatic rings. The second kappa shape index (κ2) is 5.55. The Bertz CT molecular complexity index is 634. The topological polar surface area (TPSA) is 66.6 Å². The van der Waals surface area contributed by atoms with Gasteiger partial charge in [-0.3, -0.25) is 4.79 Å². The maximum Gasteiger partial charge on any atom is 0.221 e. The van der Waals surface area contributed by atoms with E-state index in [-0.39, 0.29) is 16.4 Å². The summed E-state index contributed by atoms with van der Waals surface area (Å²) in [6, 6.07) is 7.25. The molecule has 0 aliphatic carbocycles. The van der Waals surface area contributed by atoms with Gasteiger partial charge in [0.1, 0.15) is 11.7 Å². The van der Waals surface area contributed by atoms with Gasteiger partial charge in [0.2, 0.25) is 5.78 Å². The van der Waals surface area contributed by atoms with E-state index in [0.29, 0.717) is 0 Å². The van der Waals surface area contributed by atoms with E-state index in [0.717, 1.165) is 6.07 Å². The molecule has 0 aliphatic heterocycles. The van der Waals surface area contributed by atoms with Crippen molar-refractivity contribution in [3.63, 3.8) is 0 Å². The molecule has 0 radical (unpaired) electrons. The summed E-state index contributed by atoms with van der Waals surface area (Å²) in [6.07, 6.45) is 2.75. The highest BCUT2D eigenvalue weighted by atomic mass is 35.5. The molecule has 0 amide bonds. The number of hydrogen-bond donors (Lipinski definition) is 0. The van der Waals surface area contributed by atoms with Crippen LogP contribution in [0.15, 0.2) is 36.7 Å². The predicted molar refractivity (Wildman–Crippen MR) is 66.1 cm³/mol. The molecule has 0 N–H and O–H groups in total. The summed E-state index contributed by atoms with van der Waals surface area (Å²) in [5.74, 6) is -2.90. The van der Waals surface area contributed by atoms with Crippen LogP contribution in [0, 0.1) is 17.1 Å².